The third kappa shape index (κ3) is 7.40. The summed E-state index contributed by atoms with van der Waals surface area (Å²) < 4.78 is 31.4. The zero-order chi connectivity index (χ0) is 34.6. The van der Waals surface area contributed by atoms with Gasteiger partial charge in [-0.2, -0.15) is 0 Å². The summed E-state index contributed by atoms with van der Waals surface area (Å²) >= 11 is 0. The molecule has 2 aliphatic heterocycles. The third-order valence-electron chi connectivity index (χ3n) is 9.81. The number of nitrogens with zero attached hydrogens (tertiary/aromatic N) is 3. The van der Waals surface area contributed by atoms with E-state index in [2.05, 4.69) is 54.9 Å². The number of fused-ring (bicyclic) bond motifs is 2. The molecule has 6 rings (SSSR count). The Morgan fingerprint density at radius 3 is 2.29 bits per heavy atom. The molecule has 0 radical (unpaired) electrons. The molecule has 3 aliphatic rings. The molecule has 1 saturated heterocycles. The summed E-state index contributed by atoms with van der Waals surface area (Å²) in [6, 6.07) is 13.6. The minimum Gasteiger partial charge on any atom is -0.376 e. The lowest BCUT2D eigenvalue weighted by Gasteiger charge is -2.39. The Morgan fingerprint density at radius 1 is 1.04 bits per heavy atom. The average Bonchev–Trinajstić information content (AvgIpc) is 3.73. The van der Waals surface area contributed by atoms with Crippen molar-refractivity contribution in [3.8, 4) is 0 Å². The maximum absolute atomic E-state index is 13.7. The van der Waals surface area contributed by atoms with Gasteiger partial charge in [0.2, 0.25) is 0 Å². The van der Waals surface area contributed by atoms with Gasteiger partial charge in [0.15, 0.2) is 0 Å². The van der Waals surface area contributed by atoms with Crippen molar-refractivity contribution in [1.82, 2.24) is 19.2 Å². The average molecular weight is 693 g/mol. The molecule has 1 N–H and O–H groups in total. The summed E-state index contributed by atoms with van der Waals surface area (Å²) in [5.41, 5.74) is 3.23. The Balaban J connectivity index is 1.42. The molecule has 1 unspecified atom stereocenters. The van der Waals surface area contributed by atoms with Gasteiger partial charge in [-0.25, -0.2) is 13.9 Å². The number of aromatic nitrogens is 2. The van der Waals surface area contributed by atoms with Crippen molar-refractivity contribution >= 4 is 41.9 Å². The lowest BCUT2D eigenvalue weighted by molar-refractivity contribution is -0.0781. The van der Waals surface area contributed by atoms with Crippen LogP contribution >= 0.6 is 0 Å². The van der Waals surface area contributed by atoms with Gasteiger partial charge in [-0.15, -0.1) is 0 Å². The minimum atomic E-state index is -1.34. The first-order valence-corrected chi connectivity index (χ1v) is 22.3. The van der Waals surface area contributed by atoms with Gasteiger partial charge in [0, 0.05) is 21.3 Å². The Morgan fingerprint density at radius 2 is 1.71 bits per heavy atom. The van der Waals surface area contributed by atoms with Gasteiger partial charge in [0.1, 0.15) is 12.6 Å². The Labute approximate surface area is 288 Å². The highest BCUT2D eigenvalue weighted by Crippen LogP contribution is 2.48. The van der Waals surface area contributed by atoms with Crippen LogP contribution in [0, 0.1) is 11.8 Å². The lowest BCUT2D eigenvalue weighted by Crippen LogP contribution is -2.44. The molecule has 4 atom stereocenters. The highest BCUT2D eigenvalue weighted by atomic mass is 32.2. The number of nitrogens with one attached hydrogen (secondary N) is 1. The van der Waals surface area contributed by atoms with Crippen LogP contribution in [0.25, 0.3) is 11.0 Å². The fourth-order valence-electron chi connectivity index (χ4n) is 6.98. The SMILES string of the molecule is CC1(C)CC([C@H](N[S@](=O)C(C)(C)C)c2nc3cc([C@@H](C4CC4)N4C(=O)c5ccccc5C4=O)ccc3n2COCC[Si](C)(C)C)CCO1. The van der Waals surface area contributed by atoms with E-state index in [0.717, 1.165) is 54.1 Å². The van der Waals surface area contributed by atoms with Crippen LogP contribution < -0.4 is 4.72 Å². The molecule has 1 saturated carbocycles. The van der Waals surface area contributed by atoms with Crippen LogP contribution in [0.5, 0.6) is 0 Å². The van der Waals surface area contributed by atoms with Gasteiger partial charge in [0.05, 0.1) is 55.6 Å². The van der Waals surface area contributed by atoms with Crippen LogP contribution in [0.4, 0.5) is 0 Å². The number of hydrogen-bond acceptors (Lipinski definition) is 6. The zero-order valence-electron chi connectivity index (χ0n) is 29.8. The maximum atomic E-state index is 13.7. The summed E-state index contributed by atoms with van der Waals surface area (Å²) in [6.07, 6.45) is 3.53. The highest BCUT2D eigenvalue weighted by Gasteiger charge is 2.46. The smallest absolute Gasteiger partial charge is 0.262 e. The molecule has 1 aliphatic carbocycles. The number of carbonyl (C=O) groups excluding carboxylic acids is 2. The number of ether oxygens (including phenoxy) is 2. The van der Waals surface area contributed by atoms with Crippen molar-refractivity contribution in [3.05, 3.63) is 65.0 Å². The molecule has 9 nitrogen and oxygen atoms in total. The van der Waals surface area contributed by atoms with Crippen LogP contribution in [-0.4, -0.2) is 62.1 Å². The normalized spacial score (nSPS) is 21.8. The van der Waals surface area contributed by atoms with E-state index in [4.69, 9.17) is 14.5 Å². The number of imide groups is 1. The van der Waals surface area contributed by atoms with Gasteiger partial charge < -0.3 is 14.0 Å². The molecule has 260 valence electrons. The predicted octanol–water partition coefficient (Wildman–Crippen LogP) is 7.39. The van der Waals surface area contributed by atoms with E-state index in [0.29, 0.717) is 31.1 Å². The molecule has 0 spiro atoms. The monoisotopic (exact) mass is 692 g/mol. The number of amides is 2. The van der Waals surface area contributed by atoms with Gasteiger partial charge in [-0.1, -0.05) is 37.8 Å². The first-order chi connectivity index (χ1) is 22.5. The summed E-state index contributed by atoms with van der Waals surface area (Å²) in [4.78, 5) is 34.0. The molecule has 48 heavy (non-hydrogen) atoms. The van der Waals surface area contributed by atoms with Crippen molar-refractivity contribution in [2.45, 2.75) is 115 Å². The Kier molecular flexibility index (Phi) is 9.67. The fourth-order valence-corrected chi connectivity index (χ4v) is 8.62. The topological polar surface area (TPSA) is 103 Å². The number of hydrogen-bond donors (Lipinski definition) is 1. The minimum absolute atomic E-state index is 0.134. The number of benzene rings is 2. The van der Waals surface area contributed by atoms with Crippen LogP contribution in [0.15, 0.2) is 42.5 Å². The fraction of sp³-hybridized carbons (Fsp3) is 0.595. The Bertz CT molecular complexity index is 1690. The van der Waals surface area contributed by atoms with Crippen LogP contribution in [-0.2, 0) is 27.2 Å². The number of imidazole rings is 1. The highest BCUT2D eigenvalue weighted by molar-refractivity contribution is 7.84. The second kappa shape index (κ2) is 13.2. The number of carbonyl (C=O) groups is 2. The number of rotatable bonds is 12. The van der Waals surface area contributed by atoms with E-state index in [9.17, 15) is 13.8 Å². The van der Waals surface area contributed by atoms with Crippen molar-refractivity contribution in [2.75, 3.05) is 13.2 Å². The van der Waals surface area contributed by atoms with Crippen LogP contribution in [0.3, 0.4) is 0 Å². The summed E-state index contributed by atoms with van der Waals surface area (Å²) in [5, 5.41) is 0. The summed E-state index contributed by atoms with van der Waals surface area (Å²) in [5.74, 6) is 0.675. The van der Waals surface area contributed by atoms with E-state index in [1.54, 1.807) is 12.1 Å². The van der Waals surface area contributed by atoms with Crippen LogP contribution in [0.2, 0.25) is 25.7 Å². The molecule has 0 bridgehead atoms. The van der Waals surface area contributed by atoms with E-state index < -0.39 is 23.8 Å². The molecule has 11 heteroatoms. The Hall–Kier alpha value is -2.70. The van der Waals surface area contributed by atoms with Gasteiger partial charge in [0.25, 0.3) is 11.8 Å². The standard InChI is InChI=1S/C37H52N4O5SSi/c1-36(2,3)47(44)39-31(26-17-18-46-37(4,5)22-26)33-38-29-21-25(15-16-30(29)40(33)23-45-19-20-48(6,7)8)32(24-13-14-24)41-34(42)27-11-9-10-12-28(27)35(41)43/h9-12,15-16,21,24,26,31-32,39H,13-14,17-20,22-23H2,1-8H3/t26?,31-,32+,47+/m0/s1. The molecule has 2 aromatic carbocycles. The molecule has 3 aromatic rings. The first kappa shape index (κ1) is 35.1. The van der Waals surface area contributed by atoms with Crippen molar-refractivity contribution in [2.24, 2.45) is 11.8 Å². The second-order valence-corrected chi connectivity index (χ2v) is 24.3. The quantitative estimate of drug-likeness (QED) is 0.121. The molecule has 1 aromatic heterocycles. The lowest BCUT2D eigenvalue weighted by atomic mass is 9.83. The predicted molar refractivity (Wildman–Crippen MR) is 193 cm³/mol. The van der Waals surface area contributed by atoms with E-state index in [1.807, 2.05) is 39.0 Å². The molecular weight excluding hydrogens is 641 g/mol. The van der Waals surface area contributed by atoms with E-state index in [1.165, 1.54) is 4.90 Å². The van der Waals surface area contributed by atoms with Crippen molar-refractivity contribution in [3.63, 3.8) is 0 Å². The summed E-state index contributed by atoms with van der Waals surface area (Å²) in [7, 11) is -2.65. The first-order valence-electron chi connectivity index (χ1n) is 17.4. The zero-order valence-corrected chi connectivity index (χ0v) is 31.6. The van der Waals surface area contributed by atoms with E-state index in [-0.39, 0.29) is 41.3 Å². The maximum Gasteiger partial charge on any atom is 0.262 e. The molecule has 3 heterocycles. The van der Waals surface area contributed by atoms with Crippen molar-refractivity contribution < 1.29 is 23.3 Å². The van der Waals surface area contributed by atoms with Crippen molar-refractivity contribution in [1.29, 1.82) is 0 Å². The largest absolute Gasteiger partial charge is 0.376 e. The third-order valence-corrected chi connectivity index (χ3v) is 13.1. The molecule has 2 amide bonds. The van der Waals surface area contributed by atoms with Gasteiger partial charge in [-0.05, 0) is 108 Å². The second-order valence-electron chi connectivity index (χ2n) is 16.6. The van der Waals surface area contributed by atoms with Gasteiger partial charge >= 0.3 is 0 Å². The molecular formula is C37H52N4O5SSi. The van der Waals surface area contributed by atoms with Crippen LogP contribution in [0.1, 0.15) is 104 Å². The van der Waals surface area contributed by atoms with Gasteiger partial charge in [-0.3, -0.25) is 14.5 Å². The van der Waals surface area contributed by atoms with E-state index >= 15 is 0 Å². The molecule has 2 fully saturated rings. The summed E-state index contributed by atoms with van der Waals surface area (Å²) in [6.45, 7) is 18.8.